The predicted molar refractivity (Wildman–Crippen MR) is 72.6 cm³/mol. The summed E-state index contributed by atoms with van der Waals surface area (Å²) >= 11 is 1.46. The molecular formula is C13H16N2O2S. The zero-order valence-electron chi connectivity index (χ0n) is 10.5. The summed E-state index contributed by atoms with van der Waals surface area (Å²) in [5.74, 6) is 0.736. The maximum Gasteiger partial charge on any atom is 0.256 e. The molecule has 0 atom stereocenters. The van der Waals surface area contributed by atoms with Crippen molar-refractivity contribution >= 4 is 28.8 Å². The van der Waals surface area contributed by atoms with Crippen molar-refractivity contribution in [3.05, 3.63) is 24.3 Å². The first-order valence-corrected chi connectivity index (χ1v) is 6.91. The van der Waals surface area contributed by atoms with E-state index in [1.807, 2.05) is 38.1 Å². The van der Waals surface area contributed by atoms with Crippen molar-refractivity contribution in [2.75, 3.05) is 5.75 Å². The lowest BCUT2D eigenvalue weighted by atomic mass is 10.3. The number of nitrogens with zero attached hydrogens (tertiary/aromatic N) is 1. The Morgan fingerprint density at radius 3 is 2.94 bits per heavy atom. The minimum Gasteiger partial charge on any atom is -0.431 e. The SMILES string of the molecule is CC(C)NC(=O)CCSc1nc2ccccc2o1. The molecule has 5 heteroatoms. The van der Waals surface area contributed by atoms with E-state index in [4.69, 9.17) is 4.42 Å². The van der Waals surface area contributed by atoms with Gasteiger partial charge in [0.2, 0.25) is 5.91 Å². The number of para-hydroxylation sites is 2. The second-order valence-corrected chi connectivity index (χ2v) is 5.31. The molecule has 1 N–H and O–H groups in total. The number of rotatable bonds is 5. The fourth-order valence-corrected chi connectivity index (χ4v) is 2.31. The van der Waals surface area contributed by atoms with Crippen LogP contribution in [0.5, 0.6) is 0 Å². The van der Waals surface area contributed by atoms with Crippen LogP contribution in [0.25, 0.3) is 11.1 Å². The highest BCUT2D eigenvalue weighted by atomic mass is 32.2. The summed E-state index contributed by atoms with van der Waals surface area (Å²) in [6.45, 7) is 3.90. The molecule has 18 heavy (non-hydrogen) atoms. The number of benzene rings is 1. The van der Waals surface area contributed by atoms with E-state index in [1.165, 1.54) is 11.8 Å². The van der Waals surface area contributed by atoms with Gasteiger partial charge in [-0.1, -0.05) is 23.9 Å². The second kappa shape index (κ2) is 5.91. The van der Waals surface area contributed by atoms with Crippen molar-refractivity contribution in [2.24, 2.45) is 0 Å². The number of hydrogen-bond donors (Lipinski definition) is 1. The van der Waals surface area contributed by atoms with Crippen molar-refractivity contribution < 1.29 is 9.21 Å². The van der Waals surface area contributed by atoms with E-state index in [1.54, 1.807) is 0 Å². The van der Waals surface area contributed by atoms with E-state index >= 15 is 0 Å². The van der Waals surface area contributed by atoms with Crippen LogP contribution in [-0.4, -0.2) is 22.7 Å². The molecule has 0 bridgehead atoms. The van der Waals surface area contributed by atoms with E-state index < -0.39 is 0 Å². The Bertz CT molecular complexity index is 504. The molecule has 0 saturated carbocycles. The van der Waals surface area contributed by atoms with Crippen LogP contribution in [0.3, 0.4) is 0 Å². The fraction of sp³-hybridized carbons (Fsp3) is 0.385. The Morgan fingerprint density at radius 1 is 1.44 bits per heavy atom. The van der Waals surface area contributed by atoms with E-state index in [9.17, 15) is 4.79 Å². The number of aromatic nitrogens is 1. The van der Waals surface area contributed by atoms with Gasteiger partial charge in [-0.05, 0) is 26.0 Å². The predicted octanol–water partition coefficient (Wildman–Crippen LogP) is 2.83. The number of nitrogens with one attached hydrogen (secondary N) is 1. The van der Waals surface area contributed by atoms with Gasteiger partial charge in [-0.15, -0.1) is 0 Å². The maximum atomic E-state index is 11.4. The second-order valence-electron chi connectivity index (χ2n) is 4.27. The van der Waals surface area contributed by atoms with Gasteiger partial charge >= 0.3 is 0 Å². The first-order valence-electron chi connectivity index (χ1n) is 5.93. The summed E-state index contributed by atoms with van der Waals surface area (Å²) in [6.07, 6.45) is 0.474. The summed E-state index contributed by atoms with van der Waals surface area (Å²) in [5, 5.41) is 3.47. The molecule has 0 spiro atoms. The Balaban J connectivity index is 1.85. The lowest BCUT2D eigenvalue weighted by Gasteiger charge is -2.06. The van der Waals surface area contributed by atoms with Crippen LogP contribution in [-0.2, 0) is 4.79 Å². The van der Waals surface area contributed by atoms with Crippen molar-refractivity contribution in [2.45, 2.75) is 31.5 Å². The first-order chi connectivity index (χ1) is 8.65. The summed E-state index contributed by atoms with van der Waals surface area (Å²) in [7, 11) is 0. The third kappa shape index (κ3) is 3.50. The number of amides is 1. The van der Waals surface area contributed by atoms with Crippen molar-refractivity contribution in [3.63, 3.8) is 0 Å². The van der Waals surface area contributed by atoms with Gasteiger partial charge in [0.1, 0.15) is 5.52 Å². The Hall–Kier alpha value is -1.49. The molecular weight excluding hydrogens is 248 g/mol. The van der Waals surface area contributed by atoms with Gasteiger partial charge in [0.25, 0.3) is 5.22 Å². The summed E-state index contributed by atoms with van der Waals surface area (Å²) in [6, 6.07) is 7.83. The Labute approximate surface area is 110 Å². The zero-order valence-corrected chi connectivity index (χ0v) is 11.3. The molecule has 96 valence electrons. The van der Waals surface area contributed by atoms with Crippen molar-refractivity contribution in [1.82, 2.24) is 10.3 Å². The molecule has 1 aromatic carbocycles. The maximum absolute atomic E-state index is 11.4. The van der Waals surface area contributed by atoms with Crippen LogP contribution in [0.1, 0.15) is 20.3 Å². The first kappa shape index (κ1) is 13.0. The van der Waals surface area contributed by atoms with E-state index in [0.29, 0.717) is 17.4 Å². The van der Waals surface area contributed by atoms with Crippen LogP contribution in [0.2, 0.25) is 0 Å². The quantitative estimate of drug-likeness (QED) is 0.844. The van der Waals surface area contributed by atoms with Gasteiger partial charge in [0.05, 0.1) is 0 Å². The smallest absolute Gasteiger partial charge is 0.256 e. The highest BCUT2D eigenvalue weighted by Gasteiger charge is 2.07. The molecule has 0 saturated heterocycles. The number of carbonyl (C=O) groups excluding carboxylic acids is 1. The van der Waals surface area contributed by atoms with Crippen LogP contribution >= 0.6 is 11.8 Å². The van der Waals surface area contributed by atoms with Gasteiger partial charge < -0.3 is 9.73 Å². The minimum absolute atomic E-state index is 0.0635. The molecule has 1 heterocycles. The number of hydrogen-bond acceptors (Lipinski definition) is 4. The molecule has 1 amide bonds. The molecule has 1 aromatic heterocycles. The topological polar surface area (TPSA) is 55.1 Å². The average Bonchev–Trinajstić information content (AvgIpc) is 2.70. The van der Waals surface area contributed by atoms with E-state index in [2.05, 4.69) is 10.3 Å². The van der Waals surface area contributed by atoms with Gasteiger partial charge in [-0.25, -0.2) is 4.98 Å². The molecule has 0 fully saturated rings. The monoisotopic (exact) mass is 264 g/mol. The molecule has 0 aliphatic carbocycles. The molecule has 2 rings (SSSR count). The van der Waals surface area contributed by atoms with E-state index in [0.717, 1.165) is 11.1 Å². The summed E-state index contributed by atoms with van der Waals surface area (Å²) in [4.78, 5) is 15.8. The normalized spacial score (nSPS) is 11.1. The highest BCUT2D eigenvalue weighted by Crippen LogP contribution is 2.23. The number of fused-ring (bicyclic) bond motifs is 1. The van der Waals surface area contributed by atoms with Crippen molar-refractivity contribution in [3.8, 4) is 0 Å². The van der Waals surface area contributed by atoms with Crippen LogP contribution in [0.4, 0.5) is 0 Å². The molecule has 0 unspecified atom stereocenters. The third-order valence-electron chi connectivity index (χ3n) is 2.28. The summed E-state index contributed by atoms with van der Waals surface area (Å²) < 4.78 is 5.55. The van der Waals surface area contributed by atoms with Crippen LogP contribution in [0.15, 0.2) is 33.9 Å². The van der Waals surface area contributed by atoms with Gasteiger partial charge in [-0.2, -0.15) is 0 Å². The van der Waals surface area contributed by atoms with Gasteiger partial charge in [0, 0.05) is 18.2 Å². The summed E-state index contributed by atoms with van der Waals surface area (Å²) in [5.41, 5.74) is 1.64. The van der Waals surface area contributed by atoms with Crippen LogP contribution < -0.4 is 5.32 Å². The van der Waals surface area contributed by atoms with Gasteiger partial charge in [-0.3, -0.25) is 4.79 Å². The molecule has 4 nitrogen and oxygen atoms in total. The third-order valence-corrected chi connectivity index (χ3v) is 3.11. The highest BCUT2D eigenvalue weighted by molar-refractivity contribution is 7.99. The molecule has 0 radical (unpaired) electrons. The lowest BCUT2D eigenvalue weighted by Crippen LogP contribution is -2.30. The minimum atomic E-state index is 0.0635. The average molecular weight is 264 g/mol. The molecule has 2 aromatic rings. The number of carbonyl (C=O) groups is 1. The Kier molecular flexibility index (Phi) is 4.25. The van der Waals surface area contributed by atoms with E-state index in [-0.39, 0.29) is 11.9 Å². The zero-order chi connectivity index (χ0) is 13.0. The standard InChI is InChI=1S/C13H16N2O2S/c1-9(2)14-12(16)7-8-18-13-15-10-5-3-4-6-11(10)17-13/h3-6,9H,7-8H2,1-2H3,(H,14,16). The van der Waals surface area contributed by atoms with Gasteiger partial charge in [0.15, 0.2) is 5.58 Å². The van der Waals surface area contributed by atoms with Crippen LogP contribution in [0, 0.1) is 0 Å². The molecule has 0 aliphatic rings. The lowest BCUT2D eigenvalue weighted by molar-refractivity contribution is -0.121. The number of thioether (sulfide) groups is 1. The largest absolute Gasteiger partial charge is 0.431 e. The Morgan fingerprint density at radius 2 is 2.22 bits per heavy atom. The fourth-order valence-electron chi connectivity index (χ4n) is 1.54. The number of oxazole rings is 1. The molecule has 0 aliphatic heterocycles. The van der Waals surface area contributed by atoms with Crippen molar-refractivity contribution in [1.29, 1.82) is 0 Å².